The van der Waals surface area contributed by atoms with E-state index in [9.17, 15) is 31.4 Å². The molecule has 3 aromatic heterocycles. The summed E-state index contributed by atoms with van der Waals surface area (Å²) >= 11 is 0. The molecule has 0 saturated heterocycles. The molecule has 1 aromatic carbocycles. The second-order valence-electron chi connectivity index (χ2n) is 7.20. The van der Waals surface area contributed by atoms with E-state index >= 15 is 0 Å². The van der Waals surface area contributed by atoms with Crippen molar-refractivity contribution >= 4 is 11.5 Å². The van der Waals surface area contributed by atoms with Crippen molar-refractivity contribution in [3.63, 3.8) is 0 Å². The first kappa shape index (κ1) is 23.4. The molecule has 178 valence electrons. The number of ether oxygens (including phenoxy) is 1. The van der Waals surface area contributed by atoms with E-state index in [1.165, 1.54) is 7.11 Å². The molecule has 2 N–H and O–H groups in total. The third kappa shape index (κ3) is 4.62. The summed E-state index contributed by atoms with van der Waals surface area (Å²) < 4.78 is 84.6. The number of nitrogens with one attached hydrogen (secondary N) is 1. The van der Waals surface area contributed by atoms with E-state index < -0.39 is 29.7 Å². The number of hydrogen-bond acceptors (Lipinski definition) is 5. The number of aliphatic hydroxyl groups is 1. The SMILES string of the molecule is COc1cccc(-c2nc3ccc(C(F)(F)F)cn3c2C(O)Nc2ccc(C(F)(F)F)cn2)c1. The van der Waals surface area contributed by atoms with Crippen LogP contribution in [0.3, 0.4) is 0 Å². The lowest BCUT2D eigenvalue weighted by Crippen LogP contribution is -2.15. The first-order chi connectivity index (χ1) is 16.0. The van der Waals surface area contributed by atoms with Gasteiger partial charge in [0, 0.05) is 18.0 Å². The number of pyridine rings is 2. The molecule has 0 bridgehead atoms. The van der Waals surface area contributed by atoms with Crippen LogP contribution in [0.5, 0.6) is 5.75 Å². The van der Waals surface area contributed by atoms with E-state index in [1.54, 1.807) is 24.3 Å². The topological polar surface area (TPSA) is 71.7 Å². The van der Waals surface area contributed by atoms with Crippen LogP contribution in [0.4, 0.5) is 32.2 Å². The lowest BCUT2D eigenvalue weighted by Gasteiger charge is -2.17. The van der Waals surface area contributed by atoms with Gasteiger partial charge >= 0.3 is 12.4 Å². The maximum Gasteiger partial charge on any atom is 0.417 e. The van der Waals surface area contributed by atoms with Gasteiger partial charge in [-0.25, -0.2) is 9.97 Å². The molecule has 3 heterocycles. The fraction of sp³-hybridized carbons (Fsp3) is 0.182. The highest BCUT2D eigenvalue weighted by Crippen LogP contribution is 2.35. The van der Waals surface area contributed by atoms with Crippen LogP contribution in [-0.4, -0.2) is 26.6 Å². The van der Waals surface area contributed by atoms with Gasteiger partial charge in [0.2, 0.25) is 0 Å². The molecular formula is C22H16F6N4O2. The Hall–Kier alpha value is -3.80. The van der Waals surface area contributed by atoms with Crippen molar-refractivity contribution in [2.75, 3.05) is 12.4 Å². The highest BCUT2D eigenvalue weighted by molar-refractivity contribution is 5.69. The minimum Gasteiger partial charge on any atom is -0.497 e. The number of fused-ring (bicyclic) bond motifs is 1. The monoisotopic (exact) mass is 482 g/mol. The molecule has 0 aliphatic carbocycles. The molecule has 4 rings (SSSR count). The fourth-order valence-electron chi connectivity index (χ4n) is 3.33. The van der Waals surface area contributed by atoms with Crippen LogP contribution in [0.2, 0.25) is 0 Å². The van der Waals surface area contributed by atoms with Gasteiger partial charge in [0.15, 0.2) is 6.23 Å². The Kier molecular flexibility index (Phi) is 5.86. The Labute approximate surface area is 188 Å². The van der Waals surface area contributed by atoms with Gasteiger partial charge in [0.05, 0.1) is 29.6 Å². The van der Waals surface area contributed by atoms with Crippen LogP contribution in [0.15, 0.2) is 60.9 Å². The molecule has 1 atom stereocenters. The Balaban J connectivity index is 1.82. The maximum atomic E-state index is 13.3. The van der Waals surface area contributed by atoms with Crippen molar-refractivity contribution in [2.45, 2.75) is 18.6 Å². The summed E-state index contributed by atoms with van der Waals surface area (Å²) in [6.07, 6.45) is -9.57. The van der Waals surface area contributed by atoms with Gasteiger partial charge in [0.25, 0.3) is 0 Å². The standard InChI is InChI=1S/C22H16F6N4O2/c1-34-15-4-2-3-12(9-15)18-19(32-11-14(22(26,27)28)6-8-17(32)31-18)20(33)30-16-7-5-13(10-29-16)21(23,24)25/h2-11,20,33H,1H3,(H,29,30). The summed E-state index contributed by atoms with van der Waals surface area (Å²) in [4.78, 5) is 8.00. The fourth-order valence-corrected chi connectivity index (χ4v) is 3.33. The molecule has 34 heavy (non-hydrogen) atoms. The minimum atomic E-state index is -4.65. The van der Waals surface area contributed by atoms with Gasteiger partial charge in [-0.15, -0.1) is 0 Å². The van der Waals surface area contributed by atoms with Crippen LogP contribution in [-0.2, 0) is 12.4 Å². The predicted molar refractivity (Wildman–Crippen MR) is 110 cm³/mol. The van der Waals surface area contributed by atoms with Crippen molar-refractivity contribution in [1.82, 2.24) is 14.4 Å². The molecule has 4 aromatic rings. The quantitative estimate of drug-likeness (QED) is 0.289. The lowest BCUT2D eigenvalue weighted by atomic mass is 10.1. The lowest BCUT2D eigenvalue weighted by molar-refractivity contribution is -0.138. The first-order valence-corrected chi connectivity index (χ1v) is 9.69. The number of hydrogen-bond donors (Lipinski definition) is 2. The third-order valence-corrected chi connectivity index (χ3v) is 4.96. The van der Waals surface area contributed by atoms with Crippen molar-refractivity contribution in [2.24, 2.45) is 0 Å². The average Bonchev–Trinajstić information content (AvgIpc) is 3.17. The molecule has 1 unspecified atom stereocenters. The molecule has 0 spiro atoms. The number of aromatic nitrogens is 3. The maximum absolute atomic E-state index is 13.3. The zero-order chi connectivity index (χ0) is 24.7. The van der Waals surface area contributed by atoms with E-state index in [4.69, 9.17) is 4.74 Å². The van der Waals surface area contributed by atoms with Crippen LogP contribution in [0.1, 0.15) is 23.0 Å². The van der Waals surface area contributed by atoms with Crippen LogP contribution >= 0.6 is 0 Å². The van der Waals surface area contributed by atoms with Gasteiger partial charge in [-0.3, -0.25) is 4.40 Å². The summed E-state index contributed by atoms with van der Waals surface area (Å²) in [5.74, 6) is 0.322. The van der Waals surface area contributed by atoms with Crippen LogP contribution in [0.25, 0.3) is 16.9 Å². The average molecular weight is 482 g/mol. The predicted octanol–water partition coefficient (Wildman–Crippen LogP) is 5.55. The van der Waals surface area contributed by atoms with Gasteiger partial charge in [-0.1, -0.05) is 12.1 Å². The normalized spacial score (nSPS) is 13.2. The Bertz CT molecular complexity index is 1320. The van der Waals surface area contributed by atoms with Crippen LogP contribution < -0.4 is 10.1 Å². The smallest absolute Gasteiger partial charge is 0.417 e. The number of benzene rings is 1. The number of nitrogens with zero attached hydrogens (tertiary/aromatic N) is 3. The molecule has 6 nitrogen and oxygen atoms in total. The summed E-state index contributed by atoms with van der Waals surface area (Å²) in [5, 5.41) is 13.4. The van der Waals surface area contributed by atoms with Crippen molar-refractivity contribution in [3.05, 3.63) is 77.7 Å². The van der Waals surface area contributed by atoms with Gasteiger partial charge in [-0.05, 0) is 36.4 Å². The molecule has 0 amide bonds. The van der Waals surface area contributed by atoms with E-state index in [0.717, 1.165) is 34.9 Å². The molecule has 0 aliphatic heterocycles. The van der Waals surface area contributed by atoms with Gasteiger partial charge < -0.3 is 15.2 Å². The van der Waals surface area contributed by atoms with Crippen molar-refractivity contribution in [1.29, 1.82) is 0 Å². The van der Waals surface area contributed by atoms with E-state index in [1.807, 2.05) is 0 Å². The largest absolute Gasteiger partial charge is 0.497 e. The van der Waals surface area contributed by atoms with Crippen molar-refractivity contribution < 1.29 is 36.2 Å². The van der Waals surface area contributed by atoms with Gasteiger partial charge in [-0.2, -0.15) is 26.3 Å². The highest BCUT2D eigenvalue weighted by Gasteiger charge is 2.33. The third-order valence-electron chi connectivity index (χ3n) is 4.96. The first-order valence-electron chi connectivity index (χ1n) is 9.69. The van der Waals surface area contributed by atoms with Gasteiger partial charge in [0.1, 0.15) is 17.2 Å². The number of rotatable bonds is 5. The second-order valence-corrected chi connectivity index (χ2v) is 7.20. The molecule has 0 saturated carbocycles. The second kappa shape index (κ2) is 8.52. The molecule has 0 aliphatic rings. The summed E-state index contributed by atoms with van der Waals surface area (Å²) in [6.45, 7) is 0. The highest BCUT2D eigenvalue weighted by atomic mass is 19.4. The van der Waals surface area contributed by atoms with E-state index in [0.29, 0.717) is 17.5 Å². The molecule has 12 heteroatoms. The Morgan fingerprint density at radius 2 is 1.68 bits per heavy atom. The Morgan fingerprint density at radius 1 is 0.971 bits per heavy atom. The van der Waals surface area contributed by atoms with Crippen molar-refractivity contribution in [3.8, 4) is 17.0 Å². The number of halogens is 6. The number of methoxy groups -OCH3 is 1. The summed E-state index contributed by atoms with van der Waals surface area (Å²) in [6, 6.07) is 10.3. The molecule has 0 fully saturated rings. The number of aliphatic hydroxyl groups excluding tert-OH is 1. The zero-order valence-electron chi connectivity index (χ0n) is 17.3. The zero-order valence-corrected chi connectivity index (χ0v) is 17.3. The molecule has 0 radical (unpaired) electrons. The van der Waals surface area contributed by atoms with E-state index in [2.05, 4.69) is 15.3 Å². The summed E-state index contributed by atoms with van der Waals surface area (Å²) in [5.41, 5.74) is -1.35. The minimum absolute atomic E-state index is 0.0731. The summed E-state index contributed by atoms with van der Waals surface area (Å²) in [7, 11) is 1.44. The number of anilines is 1. The Morgan fingerprint density at radius 3 is 2.29 bits per heavy atom. The number of imidazole rings is 1. The van der Waals surface area contributed by atoms with Crippen LogP contribution in [0, 0.1) is 0 Å². The van der Waals surface area contributed by atoms with E-state index in [-0.39, 0.29) is 22.9 Å². The number of alkyl halides is 6. The molecular weight excluding hydrogens is 466 g/mol.